The Hall–Kier alpha value is -2.11. The van der Waals surface area contributed by atoms with Gasteiger partial charge in [-0.15, -0.1) is 0 Å². The Balaban J connectivity index is 2.10. The van der Waals surface area contributed by atoms with Crippen molar-refractivity contribution in [3.05, 3.63) is 35.6 Å². The summed E-state index contributed by atoms with van der Waals surface area (Å²) >= 11 is 0. The third kappa shape index (κ3) is 3.46. The number of rotatable bonds is 3. The van der Waals surface area contributed by atoms with Crippen molar-refractivity contribution in [2.45, 2.75) is 25.3 Å². The predicted molar refractivity (Wildman–Crippen MR) is 72.3 cm³/mol. The molecule has 1 atom stereocenters. The van der Waals surface area contributed by atoms with E-state index >= 15 is 0 Å². The largest absolute Gasteiger partial charge is 0.352 e. The topological polar surface area (TPSA) is 75.4 Å². The minimum Gasteiger partial charge on any atom is -0.352 e. The van der Waals surface area contributed by atoms with E-state index < -0.39 is 6.03 Å². The molecule has 0 bridgehead atoms. The molecule has 1 fully saturated rings. The van der Waals surface area contributed by atoms with Crippen LogP contribution in [-0.4, -0.2) is 29.9 Å². The highest BCUT2D eigenvalue weighted by Crippen LogP contribution is 2.30. The number of likely N-dealkylation sites (tertiary alicyclic amines) is 1. The van der Waals surface area contributed by atoms with Crippen LogP contribution in [0.15, 0.2) is 24.3 Å². The number of carbonyl (C=O) groups is 2. The van der Waals surface area contributed by atoms with Crippen LogP contribution in [0.2, 0.25) is 0 Å². The average Bonchev–Trinajstić information content (AvgIpc) is 2.45. The quantitative estimate of drug-likeness (QED) is 0.880. The van der Waals surface area contributed by atoms with Crippen molar-refractivity contribution in [2.75, 3.05) is 13.1 Å². The summed E-state index contributed by atoms with van der Waals surface area (Å²) in [4.78, 5) is 24.5. The van der Waals surface area contributed by atoms with Crippen LogP contribution in [0.25, 0.3) is 0 Å². The Labute approximate surface area is 116 Å². The number of nitrogens with one attached hydrogen (secondary N) is 1. The molecule has 108 valence electrons. The van der Waals surface area contributed by atoms with Gasteiger partial charge in [0.05, 0.1) is 12.6 Å². The van der Waals surface area contributed by atoms with Crippen LogP contribution in [-0.2, 0) is 4.79 Å². The predicted octanol–water partition coefficient (Wildman–Crippen LogP) is 1.55. The highest BCUT2D eigenvalue weighted by atomic mass is 19.1. The van der Waals surface area contributed by atoms with Gasteiger partial charge in [0, 0.05) is 6.54 Å². The maximum Gasteiger partial charge on any atom is 0.312 e. The van der Waals surface area contributed by atoms with E-state index in [1.54, 1.807) is 17.0 Å². The Morgan fingerprint density at radius 3 is 2.65 bits per heavy atom. The number of benzene rings is 1. The lowest BCUT2D eigenvalue weighted by molar-refractivity contribution is -0.133. The standard InChI is InChI=1S/C14H18FN3O2/c15-11-6-4-10(5-7-11)12-3-1-2-8-18(12)13(19)9-17-14(16)20/h4-7,12H,1-3,8-9H2,(H3,16,17,20)/t12-/m0/s1. The first-order chi connectivity index (χ1) is 9.58. The molecular formula is C14H18FN3O2. The van der Waals surface area contributed by atoms with Gasteiger partial charge in [-0.2, -0.15) is 0 Å². The second kappa shape index (κ2) is 6.36. The number of primary amides is 1. The van der Waals surface area contributed by atoms with E-state index in [0.717, 1.165) is 24.8 Å². The van der Waals surface area contributed by atoms with Gasteiger partial charge >= 0.3 is 6.03 Å². The molecule has 1 aromatic rings. The van der Waals surface area contributed by atoms with Crippen LogP contribution in [0.5, 0.6) is 0 Å². The van der Waals surface area contributed by atoms with Gasteiger partial charge in [0.2, 0.25) is 5.91 Å². The van der Waals surface area contributed by atoms with Crippen molar-refractivity contribution in [3.63, 3.8) is 0 Å². The number of halogens is 1. The third-order valence-corrected chi connectivity index (χ3v) is 3.49. The van der Waals surface area contributed by atoms with E-state index in [1.807, 2.05) is 0 Å². The molecule has 0 spiro atoms. The molecular weight excluding hydrogens is 261 g/mol. The molecule has 5 nitrogen and oxygen atoms in total. The first-order valence-electron chi connectivity index (χ1n) is 6.66. The van der Waals surface area contributed by atoms with Crippen LogP contribution in [0, 0.1) is 5.82 Å². The molecule has 0 saturated carbocycles. The van der Waals surface area contributed by atoms with Gasteiger partial charge in [-0.25, -0.2) is 9.18 Å². The molecule has 20 heavy (non-hydrogen) atoms. The summed E-state index contributed by atoms with van der Waals surface area (Å²) in [5.74, 6) is -0.462. The third-order valence-electron chi connectivity index (χ3n) is 3.49. The molecule has 1 aliphatic heterocycles. The van der Waals surface area contributed by atoms with Crippen LogP contribution >= 0.6 is 0 Å². The fraction of sp³-hybridized carbons (Fsp3) is 0.429. The minimum atomic E-state index is -0.714. The highest BCUT2D eigenvalue weighted by molar-refractivity contribution is 5.83. The zero-order valence-electron chi connectivity index (χ0n) is 11.1. The van der Waals surface area contributed by atoms with Crippen molar-refractivity contribution < 1.29 is 14.0 Å². The lowest BCUT2D eigenvalue weighted by Gasteiger charge is -2.36. The SMILES string of the molecule is NC(=O)NCC(=O)N1CCCC[C@H]1c1ccc(F)cc1. The number of hydrogen-bond donors (Lipinski definition) is 2. The molecule has 1 aromatic carbocycles. The summed E-state index contributed by atoms with van der Waals surface area (Å²) in [6, 6.07) is 5.42. The summed E-state index contributed by atoms with van der Waals surface area (Å²) in [6.45, 7) is 0.536. The van der Waals surface area contributed by atoms with Gasteiger partial charge in [-0.3, -0.25) is 4.79 Å². The molecule has 2 rings (SSSR count). The maximum atomic E-state index is 13.0. The minimum absolute atomic E-state index is 0.0634. The van der Waals surface area contributed by atoms with E-state index in [9.17, 15) is 14.0 Å². The molecule has 0 radical (unpaired) electrons. The fourth-order valence-corrected chi connectivity index (χ4v) is 2.53. The zero-order chi connectivity index (χ0) is 14.5. The molecule has 1 heterocycles. The lowest BCUT2D eigenvalue weighted by Crippen LogP contribution is -2.45. The lowest BCUT2D eigenvalue weighted by atomic mass is 9.95. The number of nitrogens with two attached hydrogens (primary N) is 1. The molecule has 1 aliphatic rings. The number of amides is 3. The van der Waals surface area contributed by atoms with Crippen molar-refractivity contribution in [3.8, 4) is 0 Å². The second-order valence-corrected chi connectivity index (χ2v) is 4.87. The molecule has 3 amide bonds. The molecule has 1 saturated heterocycles. The smallest absolute Gasteiger partial charge is 0.312 e. The number of piperidine rings is 1. The van der Waals surface area contributed by atoms with Gasteiger partial charge < -0.3 is 16.0 Å². The summed E-state index contributed by atoms with van der Waals surface area (Å²) in [6.07, 6.45) is 2.79. The van der Waals surface area contributed by atoms with Crippen LogP contribution in [0.1, 0.15) is 30.9 Å². The highest BCUT2D eigenvalue weighted by Gasteiger charge is 2.27. The number of nitrogens with zero attached hydrogens (tertiary/aromatic N) is 1. The van der Waals surface area contributed by atoms with Crippen molar-refractivity contribution in [1.82, 2.24) is 10.2 Å². The summed E-state index contributed by atoms with van der Waals surface area (Å²) in [5.41, 5.74) is 5.89. The first kappa shape index (κ1) is 14.3. The second-order valence-electron chi connectivity index (χ2n) is 4.87. The summed E-state index contributed by atoms with van der Waals surface area (Å²) in [5, 5.41) is 2.31. The van der Waals surface area contributed by atoms with E-state index in [1.165, 1.54) is 12.1 Å². The Morgan fingerprint density at radius 2 is 2.00 bits per heavy atom. The van der Waals surface area contributed by atoms with Crippen LogP contribution in [0.4, 0.5) is 9.18 Å². The van der Waals surface area contributed by atoms with Crippen LogP contribution < -0.4 is 11.1 Å². The maximum absolute atomic E-state index is 13.0. The Morgan fingerprint density at radius 1 is 1.30 bits per heavy atom. The van der Waals surface area contributed by atoms with E-state index in [2.05, 4.69) is 5.32 Å². The van der Waals surface area contributed by atoms with E-state index in [0.29, 0.717) is 6.54 Å². The van der Waals surface area contributed by atoms with Crippen molar-refractivity contribution >= 4 is 11.9 Å². The van der Waals surface area contributed by atoms with Crippen molar-refractivity contribution in [2.24, 2.45) is 5.73 Å². The van der Waals surface area contributed by atoms with Gasteiger partial charge in [-0.1, -0.05) is 12.1 Å². The van der Waals surface area contributed by atoms with Gasteiger partial charge in [0.15, 0.2) is 0 Å². The fourth-order valence-electron chi connectivity index (χ4n) is 2.53. The Kier molecular flexibility index (Phi) is 4.55. The molecule has 6 heteroatoms. The molecule has 0 aromatic heterocycles. The zero-order valence-corrected chi connectivity index (χ0v) is 11.1. The van der Waals surface area contributed by atoms with Crippen LogP contribution in [0.3, 0.4) is 0 Å². The molecule has 0 unspecified atom stereocenters. The molecule has 0 aliphatic carbocycles. The average molecular weight is 279 g/mol. The van der Waals surface area contributed by atoms with Crippen molar-refractivity contribution in [1.29, 1.82) is 0 Å². The summed E-state index contributed by atoms with van der Waals surface area (Å²) < 4.78 is 13.0. The van der Waals surface area contributed by atoms with Gasteiger partial charge in [-0.05, 0) is 37.0 Å². The molecule has 3 N–H and O–H groups in total. The normalized spacial score (nSPS) is 18.6. The first-order valence-corrected chi connectivity index (χ1v) is 6.66. The van der Waals surface area contributed by atoms with Gasteiger partial charge in [0.25, 0.3) is 0 Å². The monoisotopic (exact) mass is 279 g/mol. The summed E-state index contributed by atoms with van der Waals surface area (Å²) in [7, 11) is 0. The number of hydrogen-bond acceptors (Lipinski definition) is 2. The number of carbonyl (C=O) groups excluding carboxylic acids is 2. The Bertz CT molecular complexity index is 490. The van der Waals surface area contributed by atoms with Gasteiger partial charge in [0.1, 0.15) is 5.82 Å². The van der Waals surface area contributed by atoms with E-state index in [4.69, 9.17) is 5.73 Å². The van der Waals surface area contributed by atoms with E-state index in [-0.39, 0.29) is 24.3 Å². The number of urea groups is 1.